The lowest BCUT2D eigenvalue weighted by Gasteiger charge is -2.28. The summed E-state index contributed by atoms with van der Waals surface area (Å²) in [4.78, 5) is 9.32. The smallest absolute Gasteiger partial charge is 0.163 e. The molecule has 184 valence electrons. The number of aliphatic hydroxyl groups excluding tert-OH is 1. The number of aliphatic hydroxyl groups is 1. The second-order valence-corrected chi connectivity index (χ2v) is 9.53. The Morgan fingerprint density at radius 3 is 2.74 bits per heavy atom. The number of benzene rings is 1. The average molecular weight is 483 g/mol. The molecule has 4 aromatic rings. The van der Waals surface area contributed by atoms with Crippen molar-refractivity contribution in [3.63, 3.8) is 0 Å². The highest BCUT2D eigenvalue weighted by atomic mass is 19.2. The van der Waals surface area contributed by atoms with Crippen LogP contribution in [0.15, 0.2) is 24.4 Å². The summed E-state index contributed by atoms with van der Waals surface area (Å²) in [5.74, 6) is 0.913. The lowest BCUT2D eigenvalue weighted by Crippen LogP contribution is -2.43. The zero-order valence-corrected chi connectivity index (χ0v) is 19.4. The Hall–Kier alpha value is -3.31. The van der Waals surface area contributed by atoms with Gasteiger partial charge in [0.25, 0.3) is 0 Å². The molecule has 1 saturated heterocycles. The fourth-order valence-corrected chi connectivity index (χ4v) is 4.81. The first-order valence-electron chi connectivity index (χ1n) is 12.0. The number of nitrogens with one attached hydrogen (secondary N) is 3. The molecule has 0 radical (unpaired) electrons. The summed E-state index contributed by atoms with van der Waals surface area (Å²) in [7, 11) is 1.78. The highest BCUT2D eigenvalue weighted by molar-refractivity contribution is 5.76. The molecule has 35 heavy (non-hydrogen) atoms. The molecule has 2 fully saturated rings. The summed E-state index contributed by atoms with van der Waals surface area (Å²) in [6.07, 6.45) is 4.67. The van der Waals surface area contributed by atoms with E-state index in [1.165, 1.54) is 6.07 Å². The Labute approximate surface area is 200 Å². The molecule has 4 N–H and O–H groups in total. The maximum Gasteiger partial charge on any atom is 0.163 e. The summed E-state index contributed by atoms with van der Waals surface area (Å²) in [5.41, 5.74) is 2.87. The van der Waals surface area contributed by atoms with Crippen molar-refractivity contribution in [1.29, 1.82) is 0 Å². The number of imidazole rings is 1. The van der Waals surface area contributed by atoms with Crippen LogP contribution >= 0.6 is 0 Å². The lowest BCUT2D eigenvalue weighted by molar-refractivity contribution is 0.0883. The van der Waals surface area contributed by atoms with E-state index in [0.29, 0.717) is 48.2 Å². The number of hydrogen-bond acceptors (Lipinski definition) is 7. The summed E-state index contributed by atoms with van der Waals surface area (Å²) in [5, 5.41) is 24.9. The maximum atomic E-state index is 13.7. The molecule has 1 aliphatic heterocycles. The fraction of sp³-hybridized carbons (Fsp3) is 0.458. The standard InChI is InChI=1S/C24H28F2N8O/c1-33-19-7-17(26)16(25)6-18(19)31-23(33)12-29-22-8-21(28-9-14-4-5-27-11-20(14)35)32-24-15(13-2-3-13)10-30-34(22)24/h6-8,10,13-14,20,27,29,35H,2-5,9,11-12H2,1H3,(H,28,32)/t14-,20+/m1/s1. The van der Waals surface area contributed by atoms with Gasteiger partial charge >= 0.3 is 0 Å². The Morgan fingerprint density at radius 2 is 1.94 bits per heavy atom. The van der Waals surface area contributed by atoms with Gasteiger partial charge < -0.3 is 25.6 Å². The van der Waals surface area contributed by atoms with E-state index in [1.54, 1.807) is 16.1 Å². The molecule has 1 aliphatic carbocycles. The topological polar surface area (TPSA) is 104 Å². The van der Waals surface area contributed by atoms with Crippen molar-refractivity contribution in [2.45, 2.75) is 37.8 Å². The molecule has 3 aromatic heterocycles. The molecule has 1 saturated carbocycles. The van der Waals surface area contributed by atoms with Crippen molar-refractivity contribution >= 4 is 28.3 Å². The van der Waals surface area contributed by atoms with E-state index in [4.69, 9.17) is 4.98 Å². The fourth-order valence-electron chi connectivity index (χ4n) is 4.81. The maximum absolute atomic E-state index is 13.7. The monoisotopic (exact) mass is 482 g/mol. The summed E-state index contributed by atoms with van der Waals surface area (Å²) >= 11 is 0. The van der Waals surface area contributed by atoms with Crippen LogP contribution in [0.3, 0.4) is 0 Å². The van der Waals surface area contributed by atoms with Crippen molar-refractivity contribution in [3.05, 3.63) is 47.4 Å². The molecule has 0 spiro atoms. The highest BCUT2D eigenvalue weighted by Crippen LogP contribution is 2.42. The minimum Gasteiger partial charge on any atom is -0.391 e. The molecule has 0 bridgehead atoms. The Bertz CT molecular complexity index is 1400. The Kier molecular flexibility index (Phi) is 5.53. The molecule has 0 amide bonds. The van der Waals surface area contributed by atoms with Crippen molar-refractivity contribution in [1.82, 2.24) is 29.5 Å². The van der Waals surface area contributed by atoms with Crippen LogP contribution in [-0.2, 0) is 13.6 Å². The minimum atomic E-state index is -0.912. The van der Waals surface area contributed by atoms with Crippen LogP contribution < -0.4 is 16.0 Å². The molecule has 9 nitrogen and oxygen atoms in total. The molecular weight excluding hydrogens is 454 g/mol. The van der Waals surface area contributed by atoms with Gasteiger partial charge in [-0.1, -0.05) is 0 Å². The van der Waals surface area contributed by atoms with Gasteiger partial charge in [0.05, 0.1) is 29.9 Å². The van der Waals surface area contributed by atoms with Gasteiger partial charge in [-0.25, -0.2) is 18.7 Å². The van der Waals surface area contributed by atoms with Gasteiger partial charge in [-0.15, -0.1) is 0 Å². The number of hydrogen-bond donors (Lipinski definition) is 4. The SMILES string of the molecule is Cn1c(CNc2cc(NC[C@H]3CCNC[C@@H]3O)nc3c(C4CC4)cnn23)nc2cc(F)c(F)cc21. The number of nitrogens with zero attached hydrogens (tertiary/aromatic N) is 5. The van der Waals surface area contributed by atoms with Crippen molar-refractivity contribution in [3.8, 4) is 0 Å². The normalized spacial score (nSPS) is 20.6. The predicted octanol–water partition coefficient (Wildman–Crippen LogP) is 2.77. The van der Waals surface area contributed by atoms with Gasteiger partial charge in [0.2, 0.25) is 0 Å². The van der Waals surface area contributed by atoms with Gasteiger partial charge in [-0.05, 0) is 31.7 Å². The first-order valence-corrected chi connectivity index (χ1v) is 12.0. The third-order valence-electron chi connectivity index (χ3n) is 7.09. The highest BCUT2D eigenvalue weighted by Gasteiger charge is 2.29. The Balaban J connectivity index is 1.28. The first kappa shape index (κ1) is 22.2. The van der Waals surface area contributed by atoms with E-state index in [-0.39, 0.29) is 12.0 Å². The second kappa shape index (κ2) is 8.72. The number of β-amino-alcohol motifs (C(OH)–C–C–N with tert-alkyl or cyclic N) is 1. The third kappa shape index (κ3) is 4.19. The van der Waals surface area contributed by atoms with Crippen LogP contribution in [0.1, 0.15) is 36.6 Å². The zero-order chi connectivity index (χ0) is 24.1. The van der Waals surface area contributed by atoms with Crippen molar-refractivity contribution < 1.29 is 13.9 Å². The molecule has 11 heteroatoms. The van der Waals surface area contributed by atoms with Crippen LogP contribution in [0.5, 0.6) is 0 Å². The second-order valence-electron chi connectivity index (χ2n) is 9.53. The summed E-state index contributed by atoms with van der Waals surface area (Å²) in [6, 6.07) is 4.18. The van der Waals surface area contributed by atoms with Crippen LogP contribution in [0, 0.1) is 17.6 Å². The number of anilines is 2. The van der Waals surface area contributed by atoms with Crippen LogP contribution in [0.25, 0.3) is 16.7 Å². The summed E-state index contributed by atoms with van der Waals surface area (Å²) in [6.45, 7) is 2.45. The molecule has 0 unspecified atom stereocenters. The van der Waals surface area contributed by atoms with E-state index in [1.807, 2.05) is 12.3 Å². The number of fused-ring (bicyclic) bond motifs is 2. The van der Waals surface area contributed by atoms with Crippen molar-refractivity contribution in [2.24, 2.45) is 13.0 Å². The number of piperidine rings is 1. The minimum absolute atomic E-state index is 0.152. The van der Waals surface area contributed by atoms with E-state index in [0.717, 1.165) is 48.9 Å². The number of rotatable bonds is 7. The van der Waals surface area contributed by atoms with Crippen LogP contribution in [-0.4, -0.2) is 55.0 Å². The van der Waals surface area contributed by atoms with Gasteiger partial charge in [0, 0.05) is 49.8 Å². The molecule has 1 aromatic carbocycles. The quantitative estimate of drug-likeness (QED) is 0.321. The van der Waals surface area contributed by atoms with Gasteiger partial charge in [0.1, 0.15) is 17.5 Å². The Morgan fingerprint density at radius 1 is 1.11 bits per heavy atom. The molecular formula is C24H28F2N8O. The van der Waals surface area contributed by atoms with Gasteiger partial charge in [0.15, 0.2) is 17.3 Å². The van der Waals surface area contributed by atoms with Gasteiger partial charge in [-0.3, -0.25) is 0 Å². The van der Waals surface area contributed by atoms with Crippen LogP contribution in [0.4, 0.5) is 20.4 Å². The first-order chi connectivity index (χ1) is 17.0. The lowest BCUT2D eigenvalue weighted by atomic mass is 9.95. The molecule has 2 atom stereocenters. The van der Waals surface area contributed by atoms with E-state index < -0.39 is 11.6 Å². The van der Waals surface area contributed by atoms with Crippen LogP contribution in [0.2, 0.25) is 0 Å². The molecule has 6 rings (SSSR count). The van der Waals surface area contributed by atoms with E-state index in [2.05, 4.69) is 26.0 Å². The van der Waals surface area contributed by atoms with Gasteiger partial charge in [-0.2, -0.15) is 9.61 Å². The largest absolute Gasteiger partial charge is 0.391 e. The molecule has 4 heterocycles. The van der Waals surface area contributed by atoms with E-state index >= 15 is 0 Å². The van der Waals surface area contributed by atoms with E-state index in [9.17, 15) is 13.9 Å². The predicted molar refractivity (Wildman–Crippen MR) is 128 cm³/mol. The summed E-state index contributed by atoms with van der Waals surface area (Å²) < 4.78 is 31.0. The molecule has 2 aliphatic rings. The zero-order valence-electron chi connectivity index (χ0n) is 19.4. The third-order valence-corrected chi connectivity index (χ3v) is 7.09. The number of aryl methyl sites for hydroxylation is 1. The number of aromatic nitrogens is 5. The number of halogens is 2. The van der Waals surface area contributed by atoms with Crippen molar-refractivity contribution in [2.75, 3.05) is 30.3 Å². The average Bonchev–Trinajstić information content (AvgIpc) is 3.53.